The minimum absolute atomic E-state index is 0. The molecule has 0 radical (unpaired) electrons. The van der Waals surface area contributed by atoms with Crippen molar-refractivity contribution >= 4 is 18.5 Å². The molecule has 1 N–H and O–H groups in total. The molecule has 1 atom stereocenters. The predicted octanol–water partition coefficient (Wildman–Crippen LogP) is 5.08. The van der Waals surface area contributed by atoms with E-state index in [1.54, 1.807) is 30.3 Å². The van der Waals surface area contributed by atoms with Crippen LogP contribution in [0.15, 0.2) is 48.5 Å². The van der Waals surface area contributed by atoms with Crippen molar-refractivity contribution in [3.05, 3.63) is 65.2 Å². The van der Waals surface area contributed by atoms with Crippen molar-refractivity contribution < 1.29 is 27.4 Å². The quantitative estimate of drug-likeness (QED) is 0.604. The molecule has 2 aliphatic heterocycles. The molecular weight excluding hydrogens is 471 g/mol. The number of nitrogens with zero attached hydrogens (tertiary/aromatic N) is 2. The lowest BCUT2D eigenvalue weighted by atomic mass is 9.91. The molecule has 2 aromatic carbocycles. The van der Waals surface area contributed by atoms with Gasteiger partial charge in [0.2, 0.25) is 0 Å². The van der Waals surface area contributed by atoms with E-state index in [2.05, 4.69) is 10.2 Å². The third-order valence-electron chi connectivity index (χ3n) is 6.19. The number of benzene rings is 2. The zero-order chi connectivity index (χ0) is 23.5. The summed E-state index contributed by atoms with van der Waals surface area (Å²) in [4.78, 5) is 13.6. The van der Waals surface area contributed by atoms with Crippen LogP contribution in [0, 0.1) is 11.3 Å². The highest BCUT2D eigenvalue weighted by atomic mass is 35.5. The summed E-state index contributed by atoms with van der Waals surface area (Å²) in [5, 5.41) is 11.7. The number of likely N-dealkylation sites (tertiary alicyclic amines) is 1. The first-order valence-electron chi connectivity index (χ1n) is 10.8. The van der Waals surface area contributed by atoms with Crippen LogP contribution in [0.1, 0.15) is 42.1 Å². The Hall–Kier alpha value is -2.96. The molecular formula is C24H25ClF3N3O3. The first-order valence-corrected chi connectivity index (χ1v) is 10.8. The molecule has 0 bridgehead atoms. The lowest BCUT2D eigenvalue weighted by Crippen LogP contribution is -2.47. The van der Waals surface area contributed by atoms with Crippen molar-refractivity contribution in [1.29, 1.82) is 5.26 Å². The highest BCUT2D eigenvalue weighted by Crippen LogP contribution is 2.34. The molecule has 0 aromatic heterocycles. The standard InChI is InChI=1S/C24H24F3N3O3.ClH/c25-24(26,27)19-3-1-2-18(14-19)21(32-20-6-4-17(15-28)5-7-20)8-11-30-12-9-23(10-13-30)16-29-22(31)33-23;/h1-7,14,21H,8-13,16H2,(H,29,31);1H/t21-;/m0./s1. The third-order valence-corrected chi connectivity index (χ3v) is 6.19. The maximum Gasteiger partial charge on any atom is 0.416 e. The Balaban J connectivity index is 0.00000324. The Kier molecular flexibility index (Phi) is 7.95. The van der Waals surface area contributed by atoms with Crippen molar-refractivity contribution in [2.24, 2.45) is 0 Å². The molecule has 0 saturated carbocycles. The number of hydrogen-bond donors (Lipinski definition) is 1. The average Bonchev–Trinajstić information content (AvgIpc) is 3.17. The van der Waals surface area contributed by atoms with Crippen LogP contribution in [0.4, 0.5) is 18.0 Å². The molecule has 2 aliphatic rings. The van der Waals surface area contributed by atoms with Crippen LogP contribution >= 0.6 is 12.4 Å². The van der Waals surface area contributed by atoms with E-state index in [9.17, 15) is 18.0 Å². The van der Waals surface area contributed by atoms with Gasteiger partial charge in [0.15, 0.2) is 0 Å². The Morgan fingerprint density at radius 2 is 1.88 bits per heavy atom. The zero-order valence-corrected chi connectivity index (χ0v) is 19.1. The molecule has 0 unspecified atom stereocenters. The van der Waals surface area contributed by atoms with Crippen molar-refractivity contribution in [2.45, 2.75) is 37.1 Å². The van der Waals surface area contributed by atoms with Gasteiger partial charge in [-0.1, -0.05) is 12.1 Å². The van der Waals surface area contributed by atoms with E-state index < -0.39 is 23.4 Å². The van der Waals surface area contributed by atoms with E-state index in [4.69, 9.17) is 14.7 Å². The molecule has 1 spiro atoms. The summed E-state index contributed by atoms with van der Waals surface area (Å²) >= 11 is 0. The van der Waals surface area contributed by atoms with E-state index >= 15 is 0 Å². The van der Waals surface area contributed by atoms with E-state index in [1.807, 2.05) is 6.07 Å². The fourth-order valence-electron chi connectivity index (χ4n) is 4.25. The van der Waals surface area contributed by atoms with Gasteiger partial charge in [0, 0.05) is 38.9 Å². The lowest BCUT2D eigenvalue weighted by Gasteiger charge is -2.37. The van der Waals surface area contributed by atoms with Crippen molar-refractivity contribution in [1.82, 2.24) is 10.2 Å². The van der Waals surface area contributed by atoms with Crippen molar-refractivity contribution in [3.8, 4) is 11.8 Å². The summed E-state index contributed by atoms with van der Waals surface area (Å²) in [5.41, 5.74) is -0.254. The Labute approximate surface area is 202 Å². The number of halogens is 4. The summed E-state index contributed by atoms with van der Waals surface area (Å²) in [5.74, 6) is 0.484. The number of carbonyl (C=O) groups excluding carboxylic acids is 1. The molecule has 182 valence electrons. The predicted molar refractivity (Wildman–Crippen MR) is 121 cm³/mol. The maximum absolute atomic E-state index is 13.3. The van der Waals surface area contributed by atoms with Gasteiger partial charge in [-0.3, -0.25) is 0 Å². The monoisotopic (exact) mass is 495 g/mol. The Morgan fingerprint density at radius 3 is 2.47 bits per heavy atom. The van der Waals surface area contributed by atoms with Gasteiger partial charge in [0.05, 0.1) is 23.7 Å². The zero-order valence-electron chi connectivity index (χ0n) is 18.3. The van der Waals surface area contributed by atoms with Gasteiger partial charge in [0.1, 0.15) is 17.5 Å². The highest BCUT2D eigenvalue weighted by molar-refractivity contribution is 5.85. The number of amides is 1. The number of ether oxygens (including phenoxy) is 2. The third kappa shape index (κ3) is 6.13. The van der Waals surface area contributed by atoms with Gasteiger partial charge in [-0.2, -0.15) is 18.4 Å². The molecule has 2 saturated heterocycles. The van der Waals surface area contributed by atoms with Gasteiger partial charge >= 0.3 is 12.3 Å². The van der Waals surface area contributed by atoms with Gasteiger partial charge in [-0.05, 0) is 42.0 Å². The number of rotatable bonds is 6. The van der Waals surface area contributed by atoms with Crippen molar-refractivity contribution in [3.63, 3.8) is 0 Å². The highest BCUT2D eigenvalue weighted by Gasteiger charge is 2.42. The van der Waals surface area contributed by atoms with Crippen molar-refractivity contribution in [2.75, 3.05) is 26.2 Å². The number of alkyl halides is 3. The summed E-state index contributed by atoms with van der Waals surface area (Å²) < 4.78 is 51.3. The van der Waals surface area contributed by atoms with E-state index in [-0.39, 0.29) is 18.5 Å². The Bertz CT molecular complexity index is 1030. The fourth-order valence-corrected chi connectivity index (χ4v) is 4.25. The number of hydrogen-bond acceptors (Lipinski definition) is 5. The molecule has 1 amide bonds. The van der Waals surface area contributed by atoms with Gasteiger partial charge in [-0.25, -0.2) is 4.79 Å². The van der Waals surface area contributed by atoms with Gasteiger partial charge in [0.25, 0.3) is 0 Å². The molecule has 2 aromatic rings. The van der Waals surface area contributed by atoms with Crippen LogP contribution < -0.4 is 10.1 Å². The van der Waals surface area contributed by atoms with Crippen LogP contribution in [-0.4, -0.2) is 42.8 Å². The summed E-state index contributed by atoms with van der Waals surface area (Å²) in [7, 11) is 0. The minimum Gasteiger partial charge on any atom is -0.486 e. The number of alkyl carbamates (subject to hydrolysis) is 1. The topological polar surface area (TPSA) is 74.6 Å². The first kappa shape index (κ1) is 25.7. The molecule has 2 fully saturated rings. The lowest BCUT2D eigenvalue weighted by molar-refractivity contribution is -0.137. The molecule has 2 heterocycles. The molecule has 34 heavy (non-hydrogen) atoms. The Morgan fingerprint density at radius 1 is 1.18 bits per heavy atom. The van der Waals surface area contributed by atoms with E-state index in [1.165, 1.54) is 6.07 Å². The SMILES string of the molecule is Cl.N#Cc1ccc(O[C@@H](CCN2CCC3(CC2)CNC(=O)O3)c2cccc(C(F)(F)F)c2)cc1. The second-order valence-electron chi connectivity index (χ2n) is 8.42. The largest absolute Gasteiger partial charge is 0.486 e. The van der Waals surface area contributed by atoms with Gasteiger partial charge < -0.3 is 19.7 Å². The maximum atomic E-state index is 13.3. The molecule has 6 nitrogen and oxygen atoms in total. The van der Waals surface area contributed by atoms with E-state index in [0.29, 0.717) is 49.2 Å². The normalized spacial score (nSPS) is 18.4. The summed E-state index contributed by atoms with van der Waals surface area (Å²) in [6.45, 7) is 2.57. The van der Waals surface area contributed by atoms with Crippen LogP contribution in [-0.2, 0) is 10.9 Å². The van der Waals surface area contributed by atoms with Crippen LogP contribution in [0.3, 0.4) is 0 Å². The van der Waals surface area contributed by atoms with Crippen LogP contribution in [0.5, 0.6) is 5.75 Å². The molecule has 0 aliphatic carbocycles. The van der Waals surface area contributed by atoms with E-state index in [0.717, 1.165) is 25.2 Å². The second kappa shape index (κ2) is 10.5. The number of carbonyl (C=O) groups is 1. The smallest absolute Gasteiger partial charge is 0.416 e. The van der Waals surface area contributed by atoms with Crippen LogP contribution in [0.2, 0.25) is 0 Å². The second-order valence-corrected chi connectivity index (χ2v) is 8.42. The first-order chi connectivity index (χ1) is 15.8. The number of piperidine rings is 1. The number of nitrogens with one attached hydrogen (secondary N) is 1. The summed E-state index contributed by atoms with van der Waals surface area (Å²) in [6.07, 6.45) is -3.53. The van der Waals surface area contributed by atoms with Gasteiger partial charge in [-0.15, -0.1) is 12.4 Å². The fraction of sp³-hybridized carbons (Fsp3) is 0.417. The average molecular weight is 496 g/mol. The number of nitriles is 1. The molecule has 4 rings (SSSR count). The summed E-state index contributed by atoms with van der Waals surface area (Å²) in [6, 6.07) is 13.7. The minimum atomic E-state index is -4.44. The molecule has 10 heteroatoms. The van der Waals surface area contributed by atoms with Crippen LogP contribution in [0.25, 0.3) is 0 Å².